The summed E-state index contributed by atoms with van der Waals surface area (Å²) in [5, 5.41) is 0. The zero-order chi connectivity index (χ0) is 7.07. The van der Waals surface area contributed by atoms with Gasteiger partial charge >= 0.3 is 0 Å². The van der Waals surface area contributed by atoms with Crippen LogP contribution in [0.5, 0.6) is 0 Å². The Bertz CT molecular complexity index is 138. The van der Waals surface area contributed by atoms with Crippen molar-refractivity contribution in [1.82, 2.24) is 0 Å². The standard InChI is InChI=1S/C10H12/c1-2-4-6-8-10-9-7-5-3-1/h1-4,7-10H,5-6H2/b3-1-,4-2+,9-7+,10-8?. The molecule has 1 rings (SSSR count). The fraction of sp³-hybridized carbons (Fsp3) is 0.200. The van der Waals surface area contributed by atoms with E-state index in [0.717, 1.165) is 12.8 Å². The van der Waals surface area contributed by atoms with Crippen LogP contribution in [-0.2, 0) is 0 Å². The molecule has 0 aliphatic heterocycles. The zero-order valence-corrected chi connectivity index (χ0v) is 6.03. The molecule has 0 nitrogen and oxygen atoms in total. The van der Waals surface area contributed by atoms with E-state index in [4.69, 9.17) is 0 Å². The van der Waals surface area contributed by atoms with E-state index in [-0.39, 0.29) is 0 Å². The topological polar surface area (TPSA) is 0 Å². The maximum absolute atomic E-state index is 2.14. The number of hydrogen-bond acceptors (Lipinski definition) is 0. The first-order valence-corrected chi connectivity index (χ1v) is 3.63. The molecule has 52 valence electrons. The predicted molar refractivity (Wildman–Crippen MR) is 45.8 cm³/mol. The third-order valence-corrected chi connectivity index (χ3v) is 1.31. The van der Waals surface area contributed by atoms with Crippen LogP contribution in [-0.4, -0.2) is 0 Å². The van der Waals surface area contributed by atoms with Gasteiger partial charge in [-0.25, -0.2) is 0 Å². The summed E-state index contributed by atoms with van der Waals surface area (Å²) in [6.45, 7) is 0. The highest BCUT2D eigenvalue weighted by Gasteiger charge is 1.72. The van der Waals surface area contributed by atoms with Crippen molar-refractivity contribution in [1.29, 1.82) is 0 Å². The van der Waals surface area contributed by atoms with Gasteiger partial charge in [0, 0.05) is 0 Å². The van der Waals surface area contributed by atoms with Crippen LogP contribution >= 0.6 is 0 Å². The van der Waals surface area contributed by atoms with Crippen LogP contribution in [0, 0.1) is 0 Å². The van der Waals surface area contributed by atoms with Gasteiger partial charge in [0.25, 0.3) is 0 Å². The van der Waals surface area contributed by atoms with Crippen molar-refractivity contribution in [3.8, 4) is 0 Å². The molecule has 0 saturated carbocycles. The molecule has 0 aromatic heterocycles. The molecule has 0 unspecified atom stereocenters. The van der Waals surface area contributed by atoms with E-state index >= 15 is 0 Å². The van der Waals surface area contributed by atoms with E-state index in [1.54, 1.807) is 0 Å². The van der Waals surface area contributed by atoms with E-state index in [9.17, 15) is 0 Å². The van der Waals surface area contributed by atoms with E-state index in [1.807, 2.05) is 0 Å². The van der Waals surface area contributed by atoms with Gasteiger partial charge in [-0.1, -0.05) is 48.6 Å². The van der Waals surface area contributed by atoms with Crippen LogP contribution in [0.2, 0.25) is 0 Å². The maximum atomic E-state index is 2.14. The average Bonchev–Trinajstić information content (AvgIpc) is 2.01. The lowest BCUT2D eigenvalue weighted by atomic mass is 10.2. The van der Waals surface area contributed by atoms with Gasteiger partial charge in [-0.15, -0.1) is 0 Å². The highest BCUT2D eigenvalue weighted by atomic mass is 13.8. The number of hydrogen-bond donors (Lipinski definition) is 0. The number of allylic oxidation sites excluding steroid dienone is 8. The van der Waals surface area contributed by atoms with Crippen LogP contribution in [0.25, 0.3) is 0 Å². The van der Waals surface area contributed by atoms with Gasteiger partial charge < -0.3 is 0 Å². The zero-order valence-electron chi connectivity index (χ0n) is 6.03. The highest BCUT2D eigenvalue weighted by Crippen LogP contribution is 1.93. The molecule has 1 aliphatic carbocycles. The summed E-state index contributed by atoms with van der Waals surface area (Å²) in [5.41, 5.74) is 0. The molecule has 10 heavy (non-hydrogen) atoms. The lowest BCUT2D eigenvalue weighted by molar-refractivity contribution is 1.35. The van der Waals surface area contributed by atoms with Crippen LogP contribution < -0.4 is 0 Å². The third kappa shape index (κ3) is 3.08. The average molecular weight is 132 g/mol. The second-order valence-corrected chi connectivity index (χ2v) is 2.18. The molecular weight excluding hydrogens is 120 g/mol. The van der Waals surface area contributed by atoms with Gasteiger partial charge in [0.05, 0.1) is 0 Å². The fourth-order valence-corrected chi connectivity index (χ4v) is 0.786. The Morgan fingerprint density at radius 2 is 0.800 bits per heavy atom. The summed E-state index contributed by atoms with van der Waals surface area (Å²) in [6.07, 6.45) is 19.0. The van der Waals surface area contributed by atoms with Crippen LogP contribution in [0.4, 0.5) is 0 Å². The molecule has 0 saturated heterocycles. The van der Waals surface area contributed by atoms with Crippen molar-refractivity contribution >= 4 is 0 Å². The normalized spacial score (nSPS) is 27.2. The van der Waals surface area contributed by atoms with Crippen molar-refractivity contribution in [2.75, 3.05) is 0 Å². The second-order valence-electron chi connectivity index (χ2n) is 2.18. The molecule has 0 heteroatoms. The molecule has 0 aromatic carbocycles. The summed E-state index contributed by atoms with van der Waals surface area (Å²) in [4.78, 5) is 0. The Morgan fingerprint density at radius 3 is 1.10 bits per heavy atom. The van der Waals surface area contributed by atoms with Crippen LogP contribution in [0.1, 0.15) is 12.8 Å². The minimum atomic E-state index is 1.04. The smallest absolute Gasteiger partial charge is 0.0163 e. The Morgan fingerprint density at radius 1 is 0.500 bits per heavy atom. The fourth-order valence-electron chi connectivity index (χ4n) is 0.786. The van der Waals surface area contributed by atoms with Crippen molar-refractivity contribution in [2.45, 2.75) is 12.8 Å². The molecule has 0 N–H and O–H groups in total. The maximum Gasteiger partial charge on any atom is -0.0163 e. The van der Waals surface area contributed by atoms with Gasteiger partial charge in [0.2, 0.25) is 0 Å². The van der Waals surface area contributed by atoms with Crippen molar-refractivity contribution in [3.63, 3.8) is 0 Å². The first-order valence-electron chi connectivity index (χ1n) is 3.63. The van der Waals surface area contributed by atoms with Crippen molar-refractivity contribution < 1.29 is 0 Å². The van der Waals surface area contributed by atoms with Gasteiger partial charge in [0.1, 0.15) is 0 Å². The second kappa shape index (κ2) is 4.80. The van der Waals surface area contributed by atoms with E-state index in [2.05, 4.69) is 48.6 Å². The molecule has 0 spiro atoms. The Kier molecular flexibility index (Phi) is 3.40. The molecule has 0 heterocycles. The molecule has 0 amide bonds. The summed E-state index contributed by atoms with van der Waals surface area (Å²) in [6, 6.07) is 0. The molecular formula is C10H12. The first-order chi connectivity index (χ1) is 5.00. The van der Waals surface area contributed by atoms with Gasteiger partial charge in [-0.05, 0) is 12.8 Å². The van der Waals surface area contributed by atoms with Crippen molar-refractivity contribution in [3.05, 3.63) is 48.6 Å². The van der Waals surface area contributed by atoms with Crippen LogP contribution in [0.15, 0.2) is 48.6 Å². The molecule has 0 atom stereocenters. The van der Waals surface area contributed by atoms with Gasteiger partial charge in [-0.3, -0.25) is 0 Å². The van der Waals surface area contributed by atoms with E-state index in [1.165, 1.54) is 0 Å². The molecule has 0 bridgehead atoms. The van der Waals surface area contributed by atoms with Crippen LogP contribution in [0.3, 0.4) is 0 Å². The summed E-state index contributed by atoms with van der Waals surface area (Å²) in [7, 11) is 0. The monoisotopic (exact) mass is 132 g/mol. The van der Waals surface area contributed by atoms with Gasteiger partial charge in [-0.2, -0.15) is 0 Å². The Hall–Kier alpha value is -1.04. The van der Waals surface area contributed by atoms with E-state index < -0.39 is 0 Å². The Balaban J connectivity index is 2.50. The predicted octanol–water partition coefficient (Wildman–Crippen LogP) is 3.01. The molecule has 0 radical (unpaired) electrons. The Labute approximate surface area is 62.3 Å². The largest absolute Gasteiger partial charge is 0.0808 e. The molecule has 0 aromatic rings. The third-order valence-electron chi connectivity index (χ3n) is 1.31. The number of rotatable bonds is 0. The SMILES string of the molecule is C1=CC/C=C/C=C\C/C=C/1. The lowest BCUT2D eigenvalue weighted by Crippen LogP contribution is -1.62. The summed E-state index contributed by atoms with van der Waals surface area (Å²) in [5.74, 6) is 0. The quantitative estimate of drug-likeness (QED) is 0.475. The molecule has 1 aliphatic rings. The minimum absolute atomic E-state index is 1.04. The summed E-state index contributed by atoms with van der Waals surface area (Å²) < 4.78 is 0. The summed E-state index contributed by atoms with van der Waals surface area (Å²) >= 11 is 0. The van der Waals surface area contributed by atoms with E-state index in [0.29, 0.717) is 0 Å². The van der Waals surface area contributed by atoms with Gasteiger partial charge in [0.15, 0.2) is 0 Å². The van der Waals surface area contributed by atoms with Crippen molar-refractivity contribution in [2.24, 2.45) is 0 Å². The molecule has 0 fully saturated rings. The first kappa shape index (κ1) is 7.07. The minimum Gasteiger partial charge on any atom is -0.0808 e. The highest BCUT2D eigenvalue weighted by molar-refractivity contribution is 5.12. The lowest BCUT2D eigenvalue weighted by Gasteiger charge is -1.83.